The number of rotatable bonds is 3. The van der Waals surface area contributed by atoms with E-state index in [2.05, 4.69) is 0 Å². The Labute approximate surface area is 109 Å². The third-order valence-corrected chi connectivity index (χ3v) is 2.71. The summed E-state index contributed by atoms with van der Waals surface area (Å²) in [6.45, 7) is 1.67. The van der Waals surface area contributed by atoms with E-state index in [9.17, 15) is 14.0 Å². The molecule has 0 aliphatic carbocycles. The van der Waals surface area contributed by atoms with Crippen LogP contribution in [0.4, 0.5) is 4.39 Å². The maximum Gasteiger partial charge on any atom is 0.336 e. The quantitative estimate of drug-likeness (QED) is 0.861. The van der Waals surface area contributed by atoms with Gasteiger partial charge in [-0.2, -0.15) is 0 Å². The summed E-state index contributed by atoms with van der Waals surface area (Å²) in [7, 11) is 0. The van der Waals surface area contributed by atoms with Crippen LogP contribution in [-0.4, -0.2) is 16.9 Å². The molecule has 0 aliphatic rings. The highest BCUT2D eigenvalue weighted by Crippen LogP contribution is 2.17. The van der Waals surface area contributed by atoms with Crippen molar-refractivity contribution < 1.29 is 19.1 Å². The Morgan fingerprint density at radius 1 is 1.05 bits per heavy atom. The van der Waals surface area contributed by atoms with E-state index in [4.69, 9.17) is 5.11 Å². The summed E-state index contributed by atoms with van der Waals surface area (Å²) in [5.74, 6) is -2.20. The number of aromatic carboxylic acids is 1. The molecule has 0 saturated carbocycles. The zero-order valence-corrected chi connectivity index (χ0v) is 10.2. The van der Waals surface area contributed by atoms with Crippen LogP contribution in [0.15, 0.2) is 42.5 Å². The van der Waals surface area contributed by atoms with Gasteiger partial charge in [-0.05, 0) is 36.8 Å². The summed E-state index contributed by atoms with van der Waals surface area (Å²) >= 11 is 0. The monoisotopic (exact) mass is 258 g/mol. The highest BCUT2D eigenvalue weighted by Gasteiger charge is 2.17. The van der Waals surface area contributed by atoms with Crippen LogP contribution in [0.5, 0.6) is 0 Å². The Hall–Kier alpha value is -2.49. The molecule has 2 aromatic rings. The number of hydrogen-bond donors (Lipinski definition) is 1. The minimum Gasteiger partial charge on any atom is -0.478 e. The maximum atomic E-state index is 13.3. The third-order valence-electron chi connectivity index (χ3n) is 2.71. The molecular weight excluding hydrogens is 247 g/mol. The molecule has 0 radical (unpaired) electrons. The molecular formula is C15H11FO3. The van der Waals surface area contributed by atoms with Gasteiger partial charge in [-0.1, -0.05) is 18.2 Å². The maximum absolute atomic E-state index is 13.3. The number of benzene rings is 2. The summed E-state index contributed by atoms with van der Waals surface area (Å²) < 4.78 is 13.3. The van der Waals surface area contributed by atoms with Crippen LogP contribution in [0, 0.1) is 12.7 Å². The predicted molar refractivity (Wildman–Crippen MR) is 68.0 cm³/mol. The van der Waals surface area contributed by atoms with Crippen molar-refractivity contribution in [2.24, 2.45) is 0 Å². The summed E-state index contributed by atoms with van der Waals surface area (Å²) in [6, 6.07) is 9.83. The largest absolute Gasteiger partial charge is 0.478 e. The second-order valence-electron chi connectivity index (χ2n) is 4.20. The minimum atomic E-state index is -1.18. The minimum absolute atomic E-state index is 0.0556. The van der Waals surface area contributed by atoms with E-state index < -0.39 is 17.6 Å². The third kappa shape index (κ3) is 2.68. The van der Waals surface area contributed by atoms with Crippen molar-refractivity contribution in [3.8, 4) is 0 Å². The lowest BCUT2D eigenvalue weighted by Gasteiger charge is -2.06. The van der Waals surface area contributed by atoms with Gasteiger partial charge >= 0.3 is 5.97 Å². The van der Waals surface area contributed by atoms with Crippen LogP contribution in [0.3, 0.4) is 0 Å². The van der Waals surface area contributed by atoms with E-state index in [0.717, 1.165) is 6.07 Å². The van der Waals surface area contributed by atoms with Gasteiger partial charge in [0.05, 0.1) is 5.56 Å². The molecule has 0 spiro atoms. The van der Waals surface area contributed by atoms with Gasteiger partial charge in [0.15, 0.2) is 5.78 Å². The van der Waals surface area contributed by atoms with E-state index in [0.29, 0.717) is 5.56 Å². The fraction of sp³-hybridized carbons (Fsp3) is 0.0667. The highest BCUT2D eigenvalue weighted by atomic mass is 19.1. The molecule has 0 amide bonds. The Morgan fingerprint density at radius 2 is 1.68 bits per heavy atom. The van der Waals surface area contributed by atoms with Gasteiger partial charge in [0.2, 0.25) is 0 Å². The second-order valence-corrected chi connectivity index (χ2v) is 4.20. The van der Waals surface area contributed by atoms with Gasteiger partial charge in [0, 0.05) is 11.1 Å². The standard InChI is InChI=1S/C15H11FO3/c1-9-6-10(8-11(16)7-9)14(17)12-4-2-3-5-13(12)15(18)19/h2-8H,1H3,(H,18,19). The van der Waals surface area contributed by atoms with Gasteiger partial charge in [0.1, 0.15) is 5.82 Å². The summed E-state index contributed by atoms with van der Waals surface area (Å²) in [6.07, 6.45) is 0. The summed E-state index contributed by atoms with van der Waals surface area (Å²) in [5.41, 5.74) is 0.719. The molecule has 96 valence electrons. The number of carboxylic acids is 1. The topological polar surface area (TPSA) is 54.4 Å². The van der Waals surface area contributed by atoms with Gasteiger partial charge in [-0.3, -0.25) is 4.79 Å². The number of carbonyl (C=O) groups excluding carboxylic acids is 1. The molecule has 2 rings (SSSR count). The summed E-state index contributed by atoms with van der Waals surface area (Å²) in [4.78, 5) is 23.3. The Balaban J connectivity index is 2.53. The smallest absolute Gasteiger partial charge is 0.336 e. The number of aryl methyl sites for hydroxylation is 1. The number of halogens is 1. The van der Waals surface area contributed by atoms with Crippen molar-refractivity contribution in [2.45, 2.75) is 6.92 Å². The number of ketones is 1. The lowest BCUT2D eigenvalue weighted by Crippen LogP contribution is -2.10. The predicted octanol–water partition coefficient (Wildman–Crippen LogP) is 3.06. The van der Waals surface area contributed by atoms with Gasteiger partial charge < -0.3 is 5.11 Å². The molecule has 1 N–H and O–H groups in total. The molecule has 0 unspecified atom stereocenters. The van der Waals surface area contributed by atoms with Crippen LogP contribution >= 0.6 is 0 Å². The zero-order chi connectivity index (χ0) is 14.0. The molecule has 0 heterocycles. The second kappa shape index (κ2) is 5.02. The Kier molecular flexibility index (Phi) is 3.42. The van der Waals surface area contributed by atoms with Crippen LogP contribution in [0.2, 0.25) is 0 Å². The van der Waals surface area contributed by atoms with Crippen LogP contribution in [0.25, 0.3) is 0 Å². The van der Waals surface area contributed by atoms with Crippen molar-refractivity contribution >= 4 is 11.8 Å². The molecule has 2 aromatic carbocycles. The fourth-order valence-corrected chi connectivity index (χ4v) is 1.89. The van der Waals surface area contributed by atoms with E-state index in [1.165, 1.54) is 30.3 Å². The van der Waals surface area contributed by atoms with Gasteiger partial charge in [-0.15, -0.1) is 0 Å². The molecule has 0 aliphatic heterocycles. The van der Waals surface area contributed by atoms with E-state index in [1.807, 2.05) is 0 Å². The average molecular weight is 258 g/mol. The molecule has 3 nitrogen and oxygen atoms in total. The molecule has 19 heavy (non-hydrogen) atoms. The Bertz CT molecular complexity index is 642. The van der Waals surface area contributed by atoms with Crippen molar-refractivity contribution in [3.63, 3.8) is 0 Å². The van der Waals surface area contributed by atoms with Crippen LogP contribution < -0.4 is 0 Å². The van der Waals surface area contributed by atoms with Gasteiger partial charge in [-0.25, -0.2) is 9.18 Å². The lowest BCUT2D eigenvalue weighted by molar-refractivity contribution is 0.0693. The first-order valence-electron chi connectivity index (χ1n) is 5.63. The molecule has 0 atom stereocenters. The van der Waals surface area contributed by atoms with Crippen molar-refractivity contribution in [2.75, 3.05) is 0 Å². The molecule has 4 heteroatoms. The molecule has 0 saturated heterocycles. The Morgan fingerprint density at radius 3 is 2.26 bits per heavy atom. The highest BCUT2D eigenvalue weighted by molar-refractivity contribution is 6.14. The SMILES string of the molecule is Cc1cc(F)cc(C(=O)c2ccccc2C(=O)O)c1. The molecule has 0 fully saturated rings. The molecule has 0 bridgehead atoms. The van der Waals surface area contributed by atoms with Crippen molar-refractivity contribution in [1.29, 1.82) is 0 Å². The first kappa shape index (κ1) is 13.0. The fourth-order valence-electron chi connectivity index (χ4n) is 1.89. The van der Waals surface area contributed by atoms with Crippen LogP contribution in [-0.2, 0) is 0 Å². The first-order valence-corrected chi connectivity index (χ1v) is 5.63. The number of carboxylic acid groups (broad SMARTS) is 1. The normalized spacial score (nSPS) is 10.2. The number of hydrogen-bond acceptors (Lipinski definition) is 2. The molecule has 0 aromatic heterocycles. The van der Waals surface area contributed by atoms with E-state index >= 15 is 0 Å². The summed E-state index contributed by atoms with van der Waals surface area (Å²) in [5, 5.41) is 9.04. The number of carbonyl (C=O) groups is 2. The van der Waals surface area contributed by atoms with Crippen molar-refractivity contribution in [1.82, 2.24) is 0 Å². The van der Waals surface area contributed by atoms with Crippen LogP contribution in [0.1, 0.15) is 31.8 Å². The van der Waals surface area contributed by atoms with E-state index in [1.54, 1.807) is 13.0 Å². The van der Waals surface area contributed by atoms with Gasteiger partial charge in [0.25, 0.3) is 0 Å². The average Bonchev–Trinajstić information content (AvgIpc) is 2.36. The van der Waals surface area contributed by atoms with E-state index in [-0.39, 0.29) is 16.7 Å². The van der Waals surface area contributed by atoms with Crippen molar-refractivity contribution in [3.05, 3.63) is 70.5 Å². The zero-order valence-electron chi connectivity index (χ0n) is 10.2. The lowest BCUT2D eigenvalue weighted by atomic mass is 9.97. The first-order chi connectivity index (χ1) is 8.99.